The Morgan fingerprint density at radius 3 is 3.18 bits per heavy atom. The van der Waals surface area contributed by atoms with Crippen LogP contribution in [-0.4, -0.2) is 22.8 Å². The highest BCUT2D eigenvalue weighted by atomic mass is 32.1. The highest BCUT2D eigenvalue weighted by molar-refractivity contribution is 7.09. The Morgan fingerprint density at radius 1 is 1.47 bits per heavy atom. The number of thiazole rings is 1. The van der Waals surface area contributed by atoms with Crippen molar-refractivity contribution >= 4 is 11.3 Å². The number of ether oxygens (including phenoxy) is 1. The molecule has 88 valence electrons. The average molecular weight is 247 g/mol. The van der Waals surface area contributed by atoms with E-state index in [0.717, 1.165) is 16.2 Å². The van der Waals surface area contributed by atoms with Crippen LogP contribution in [0.15, 0.2) is 36.0 Å². The zero-order chi connectivity index (χ0) is 11.7. The highest BCUT2D eigenvalue weighted by Crippen LogP contribution is 2.36. The lowest BCUT2D eigenvalue weighted by atomic mass is 9.93. The summed E-state index contributed by atoms with van der Waals surface area (Å²) in [5.74, 6) is 0.981. The lowest BCUT2D eigenvalue weighted by Crippen LogP contribution is -2.21. The van der Waals surface area contributed by atoms with E-state index in [2.05, 4.69) is 4.98 Å². The molecule has 1 aliphatic rings. The molecule has 0 amide bonds. The smallest absolute Gasteiger partial charge is 0.123 e. The predicted molar refractivity (Wildman–Crippen MR) is 66.5 cm³/mol. The topological polar surface area (TPSA) is 42.4 Å². The van der Waals surface area contributed by atoms with Crippen LogP contribution in [0.1, 0.15) is 16.4 Å². The molecule has 1 aromatic carbocycles. The number of benzene rings is 1. The Kier molecular flexibility index (Phi) is 2.82. The number of hydrogen-bond acceptors (Lipinski definition) is 4. The summed E-state index contributed by atoms with van der Waals surface area (Å²) in [7, 11) is 0. The molecule has 1 aliphatic heterocycles. The van der Waals surface area contributed by atoms with E-state index in [1.807, 2.05) is 30.5 Å². The quantitative estimate of drug-likeness (QED) is 0.904. The monoisotopic (exact) mass is 247 g/mol. The SMILES string of the molecule is OC(Cc1cncs1)C1COc2ccccc21. The molecule has 1 N–H and O–H groups in total. The van der Waals surface area contributed by atoms with E-state index >= 15 is 0 Å². The van der Waals surface area contributed by atoms with Crippen molar-refractivity contribution in [2.75, 3.05) is 6.61 Å². The molecule has 2 atom stereocenters. The van der Waals surface area contributed by atoms with Crippen molar-refractivity contribution in [3.63, 3.8) is 0 Å². The second-order valence-electron chi connectivity index (χ2n) is 4.19. The van der Waals surface area contributed by atoms with Gasteiger partial charge in [0.15, 0.2) is 0 Å². The third kappa shape index (κ3) is 2.06. The van der Waals surface area contributed by atoms with Crippen molar-refractivity contribution in [2.45, 2.75) is 18.4 Å². The molecule has 0 saturated heterocycles. The number of rotatable bonds is 3. The first kappa shape index (κ1) is 10.7. The van der Waals surface area contributed by atoms with Crippen LogP contribution < -0.4 is 4.74 Å². The van der Waals surface area contributed by atoms with Gasteiger partial charge in [-0.15, -0.1) is 11.3 Å². The minimum Gasteiger partial charge on any atom is -0.493 e. The molecule has 0 bridgehead atoms. The van der Waals surface area contributed by atoms with Gasteiger partial charge in [-0.2, -0.15) is 0 Å². The Bertz CT molecular complexity index is 498. The van der Waals surface area contributed by atoms with Gasteiger partial charge in [0.2, 0.25) is 0 Å². The van der Waals surface area contributed by atoms with Crippen molar-refractivity contribution in [2.24, 2.45) is 0 Å². The zero-order valence-electron chi connectivity index (χ0n) is 9.24. The minimum atomic E-state index is -0.404. The molecule has 0 radical (unpaired) electrons. The number of aromatic nitrogens is 1. The summed E-state index contributed by atoms with van der Waals surface area (Å²) in [4.78, 5) is 5.14. The Balaban J connectivity index is 1.78. The van der Waals surface area contributed by atoms with Crippen LogP contribution in [0.25, 0.3) is 0 Å². The van der Waals surface area contributed by atoms with Crippen molar-refractivity contribution in [3.05, 3.63) is 46.4 Å². The molecule has 0 spiro atoms. The summed E-state index contributed by atoms with van der Waals surface area (Å²) in [5, 5.41) is 10.3. The van der Waals surface area contributed by atoms with Crippen molar-refractivity contribution in [1.29, 1.82) is 0 Å². The molecule has 2 heterocycles. The van der Waals surface area contributed by atoms with Gasteiger partial charge in [0.05, 0.1) is 18.2 Å². The standard InChI is InChI=1S/C13H13NO2S/c15-12(5-9-6-14-8-17-9)11-7-16-13-4-2-1-3-10(11)13/h1-4,6,8,11-12,15H,5,7H2. The van der Waals surface area contributed by atoms with E-state index in [-0.39, 0.29) is 5.92 Å². The van der Waals surface area contributed by atoms with Crippen LogP contribution >= 0.6 is 11.3 Å². The maximum atomic E-state index is 10.3. The first-order valence-corrected chi connectivity index (χ1v) is 6.49. The summed E-state index contributed by atoms with van der Waals surface area (Å²) in [5.41, 5.74) is 2.91. The predicted octanol–water partition coefficient (Wildman–Crippen LogP) is 2.22. The van der Waals surface area contributed by atoms with Gasteiger partial charge in [-0.05, 0) is 6.07 Å². The van der Waals surface area contributed by atoms with E-state index < -0.39 is 6.10 Å². The first-order valence-electron chi connectivity index (χ1n) is 5.62. The molecule has 2 aromatic rings. The van der Waals surface area contributed by atoms with Gasteiger partial charge in [-0.25, -0.2) is 0 Å². The van der Waals surface area contributed by atoms with Gasteiger partial charge in [0, 0.05) is 29.0 Å². The largest absolute Gasteiger partial charge is 0.493 e. The molecule has 0 aliphatic carbocycles. The van der Waals surface area contributed by atoms with Crippen molar-refractivity contribution < 1.29 is 9.84 Å². The molecule has 2 unspecified atom stereocenters. The fraction of sp³-hybridized carbons (Fsp3) is 0.308. The summed E-state index contributed by atoms with van der Waals surface area (Å²) >= 11 is 1.58. The molecule has 3 nitrogen and oxygen atoms in total. The van der Waals surface area contributed by atoms with E-state index in [1.54, 1.807) is 16.8 Å². The second kappa shape index (κ2) is 4.47. The molecule has 0 saturated carbocycles. The lowest BCUT2D eigenvalue weighted by molar-refractivity contribution is 0.129. The number of fused-ring (bicyclic) bond motifs is 1. The number of para-hydroxylation sites is 1. The third-order valence-electron chi connectivity index (χ3n) is 3.10. The summed E-state index contributed by atoms with van der Waals surface area (Å²) in [6, 6.07) is 7.92. The maximum absolute atomic E-state index is 10.3. The number of aliphatic hydroxyl groups excluding tert-OH is 1. The van der Waals surface area contributed by atoms with Gasteiger partial charge in [-0.3, -0.25) is 4.98 Å². The molecular weight excluding hydrogens is 234 g/mol. The zero-order valence-corrected chi connectivity index (χ0v) is 10.1. The van der Waals surface area contributed by atoms with Gasteiger partial charge >= 0.3 is 0 Å². The van der Waals surface area contributed by atoms with Crippen LogP contribution in [0.4, 0.5) is 0 Å². The van der Waals surface area contributed by atoms with Crippen LogP contribution in [0, 0.1) is 0 Å². The van der Waals surface area contributed by atoms with E-state index in [9.17, 15) is 5.11 Å². The number of nitrogens with zero attached hydrogens (tertiary/aromatic N) is 1. The van der Waals surface area contributed by atoms with Crippen LogP contribution in [0.5, 0.6) is 5.75 Å². The van der Waals surface area contributed by atoms with Gasteiger partial charge in [-0.1, -0.05) is 18.2 Å². The number of hydrogen-bond donors (Lipinski definition) is 1. The Hall–Kier alpha value is -1.39. The summed E-state index contributed by atoms with van der Waals surface area (Å²) in [6.45, 7) is 0.569. The van der Waals surface area contributed by atoms with Crippen LogP contribution in [0.2, 0.25) is 0 Å². The summed E-state index contributed by atoms with van der Waals surface area (Å²) in [6.07, 6.45) is 2.06. The van der Waals surface area contributed by atoms with Crippen LogP contribution in [-0.2, 0) is 6.42 Å². The summed E-state index contributed by atoms with van der Waals surface area (Å²) < 4.78 is 5.58. The highest BCUT2D eigenvalue weighted by Gasteiger charge is 2.30. The average Bonchev–Trinajstić information content (AvgIpc) is 2.96. The normalized spacial score (nSPS) is 19.7. The minimum absolute atomic E-state index is 0.0771. The van der Waals surface area contributed by atoms with E-state index in [1.165, 1.54) is 0 Å². The van der Waals surface area contributed by atoms with Crippen LogP contribution in [0.3, 0.4) is 0 Å². The van der Waals surface area contributed by atoms with E-state index in [4.69, 9.17) is 4.74 Å². The second-order valence-corrected chi connectivity index (χ2v) is 5.17. The molecule has 4 heteroatoms. The van der Waals surface area contributed by atoms with E-state index in [0.29, 0.717) is 13.0 Å². The molecular formula is C13H13NO2S. The maximum Gasteiger partial charge on any atom is 0.123 e. The fourth-order valence-corrected chi connectivity index (χ4v) is 2.84. The van der Waals surface area contributed by atoms with Crippen molar-refractivity contribution in [1.82, 2.24) is 4.98 Å². The van der Waals surface area contributed by atoms with Crippen molar-refractivity contribution in [3.8, 4) is 5.75 Å². The third-order valence-corrected chi connectivity index (χ3v) is 3.90. The Labute approximate surface area is 104 Å². The van der Waals surface area contributed by atoms with Gasteiger partial charge < -0.3 is 9.84 Å². The van der Waals surface area contributed by atoms with Gasteiger partial charge in [0.25, 0.3) is 0 Å². The molecule has 1 aromatic heterocycles. The molecule has 3 rings (SSSR count). The molecule has 17 heavy (non-hydrogen) atoms. The fourth-order valence-electron chi connectivity index (χ4n) is 2.20. The molecule has 0 fully saturated rings. The first-order chi connectivity index (χ1) is 8.34. The van der Waals surface area contributed by atoms with Gasteiger partial charge in [0.1, 0.15) is 5.75 Å². The Morgan fingerprint density at radius 2 is 2.35 bits per heavy atom. The lowest BCUT2D eigenvalue weighted by Gasteiger charge is -2.15. The number of aliphatic hydroxyl groups is 1.